The summed E-state index contributed by atoms with van der Waals surface area (Å²) in [7, 11) is 1.61. The Labute approximate surface area is 169 Å². The standard InChI is InChI=1S/C20H19N3O3S2/c1-12(2)11-26-14-7-6-13(9-15(14)25-3)10-17-19(24)23-20(28-17)21-18(22-23)16-5-4-8-27-16/h4-10,12H,11H2,1-3H3/b17-10+. The van der Waals surface area contributed by atoms with Crippen molar-refractivity contribution in [2.24, 2.45) is 5.92 Å². The van der Waals surface area contributed by atoms with Crippen molar-refractivity contribution in [3.63, 3.8) is 0 Å². The number of hydrogen-bond donors (Lipinski definition) is 0. The fourth-order valence-electron chi connectivity index (χ4n) is 2.64. The lowest BCUT2D eigenvalue weighted by Crippen LogP contribution is -2.23. The maximum Gasteiger partial charge on any atom is 0.291 e. The largest absolute Gasteiger partial charge is 0.493 e. The molecule has 1 aromatic carbocycles. The molecular weight excluding hydrogens is 394 g/mol. The number of fused-ring (bicyclic) bond motifs is 1. The molecule has 0 spiro atoms. The maximum absolute atomic E-state index is 12.7. The molecule has 3 aromatic heterocycles. The molecule has 6 nitrogen and oxygen atoms in total. The summed E-state index contributed by atoms with van der Waals surface area (Å²) < 4.78 is 13.2. The average molecular weight is 414 g/mol. The van der Waals surface area contributed by atoms with E-state index in [0.717, 1.165) is 10.4 Å². The van der Waals surface area contributed by atoms with Crippen molar-refractivity contribution in [3.8, 4) is 22.2 Å². The summed E-state index contributed by atoms with van der Waals surface area (Å²) in [6.45, 7) is 4.80. The summed E-state index contributed by atoms with van der Waals surface area (Å²) >= 11 is 2.87. The van der Waals surface area contributed by atoms with Gasteiger partial charge < -0.3 is 9.47 Å². The third-order valence-electron chi connectivity index (χ3n) is 3.98. The monoisotopic (exact) mass is 413 g/mol. The Hall–Kier alpha value is -2.71. The van der Waals surface area contributed by atoms with E-state index in [1.807, 2.05) is 41.8 Å². The number of rotatable bonds is 6. The second-order valence-corrected chi connectivity index (χ2v) is 8.59. The highest BCUT2D eigenvalue weighted by Crippen LogP contribution is 2.29. The molecule has 0 unspecified atom stereocenters. The summed E-state index contributed by atoms with van der Waals surface area (Å²) in [5.74, 6) is 2.34. The molecule has 0 radical (unpaired) electrons. The fourth-order valence-corrected chi connectivity index (χ4v) is 4.21. The van der Waals surface area contributed by atoms with Crippen molar-refractivity contribution in [1.82, 2.24) is 14.6 Å². The SMILES string of the molecule is COc1cc(/C=c2/sc3nc(-c4cccs4)nn3c2=O)ccc1OCC(C)C. The van der Waals surface area contributed by atoms with E-state index in [-0.39, 0.29) is 5.56 Å². The van der Waals surface area contributed by atoms with Crippen LogP contribution in [0.25, 0.3) is 21.7 Å². The van der Waals surface area contributed by atoms with E-state index in [9.17, 15) is 4.79 Å². The first-order chi connectivity index (χ1) is 13.5. The van der Waals surface area contributed by atoms with Gasteiger partial charge in [-0.15, -0.1) is 16.4 Å². The highest BCUT2D eigenvalue weighted by atomic mass is 32.1. The van der Waals surface area contributed by atoms with Gasteiger partial charge in [0.1, 0.15) is 0 Å². The van der Waals surface area contributed by atoms with Gasteiger partial charge in [0.05, 0.1) is 23.1 Å². The minimum absolute atomic E-state index is 0.172. The quantitative estimate of drug-likeness (QED) is 0.484. The number of benzene rings is 1. The van der Waals surface area contributed by atoms with Crippen molar-refractivity contribution < 1.29 is 9.47 Å². The number of hydrogen-bond acceptors (Lipinski definition) is 7. The zero-order valence-electron chi connectivity index (χ0n) is 15.7. The van der Waals surface area contributed by atoms with Crippen LogP contribution in [0.3, 0.4) is 0 Å². The Kier molecular flexibility index (Phi) is 5.15. The van der Waals surface area contributed by atoms with Crippen LogP contribution in [-0.2, 0) is 0 Å². The second kappa shape index (κ2) is 7.73. The van der Waals surface area contributed by atoms with Crippen LogP contribution in [0.15, 0.2) is 40.5 Å². The van der Waals surface area contributed by atoms with Gasteiger partial charge in [-0.3, -0.25) is 4.79 Å². The van der Waals surface area contributed by atoms with Gasteiger partial charge in [-0.05, 0) is 41.1 Å². The number of ether oxygens (including phenoxy) is 2. The van der Waals surface area contributed by atoms with Crippen LogP contribution < -0.4 is 19.6 Å². The Balaban J connectivity index is 1.68. The van der Waals surface area contributed by atoms with Crippen LogP contribution >= 0.6 is 22.7 Å². The normalized spacial score (nSPS) is 12.2. The van der Waals surface area contributed by atoms with Crippen molar-refractivity contribution in [2.45, 2.75) is 13.8 Å². The van der Waals surface area contributed by atoms with E-state index in [1.165, 1.54) is 15.9 Å². The Morgan fingerprint density at radius 1 is 1.25 bits per heavy atom. The van der Waals surface area contributed by atoms with E-state index in [4.69, 9.17) is 9.47 Å². The lowest BCUT2D eigenvalue weighted by atomic mass is 10.2. The fraction of sp³-hybridized carbons (Fsp3) is 0.250. The van der Waals surface area contributed by atoms with Gasteiger partial charge in [0, 0.05) is 0 Å². The molecule has 4 aromatic rings. The third-order valence-corrected chi connectivity index (χ3v) is 5.81. The first-order valence-electron chi connectivity index (χ1n) is 8.81. The number of aromatic nitrogens is 3. The first kappa shape index (κ1) is 18.6. The summed E-state index contributed by atoms with van der Waals surface area (Å²) in [6, 6.07) is 9.52. The van der Waals surface area contributed by atoms with Crippen molar-refractivity contribution in [1.29, 1.82) is 0 Å². The highest BCUT2D eigenvalue weighted by molar-refractivity contribution is 7.15. The van der Waals surface area contributed by atoms with Crippen LogP contribution in [0.2, 0.25) is 0 Å². The van der Waals surface area contributed by atoms with Gasteiger partial charge in [-0.2, -0.15) is 9.50 Å². The van der Waals surface area contributed by atoms with E-state index >= 15 is 0 Å². The lowest BCUT2D eigenvalue weighted by molar-refractivity contribution is 0.257. The molecule has 0 saturated heterocycles. The van der Waals surface area contributed by atoms with E-state index in [2.05, 4.69) is 23.9 Å². The first-order valence-corrected chi connectivity index (χ1v) is 10.5. The minimum Gasteiger partial charge on any atom is -0.493 e. The number of methoxy groups -OCH3 is 1. The molecule has 0 atom stereocenters. The zero-order chi connectivity index (χ0) is 19.7. The summed E-state index contributed by atoms with van der Waals surface area (Å²) in [6.07, 6.45) is 1.82. The molecule has 144 valence electrons. The highest BCUT2D eigenvalue weighted by Gasteiger charge is 2.13. The van der Waals surface area contributed by atoms with Gasteiger partial charge in [0.2, 0.25) is 4.96 Å². The van der Waals surface area contributed by atoms with Crippen molar-refractivity contribution >= 4 is 33.7 Å². The predicted octanol–water partition coefficient (Wildman–Crippen LogP) is 3.47. The van der Waals surface area contributed by atoms with Crippen molar-refractivity contribution in [2.75, 3.05) is 13.7 Å². The smallest absolute Gasteiger partial charge is 0.291 e. The minimum atomic E-state index is -0.172. The van der Waals surface area contributed by atoms with Gasteiger partial charge in [-0.25, -0.2) is 0 Å². The molecule has 0 aliphatic heterocycles. The van der Waals surface area contributed by atoms with E-state index in [1.54, 1.807) is 18.4 Å². The third kappa shape index (κ3) is 3.65. The molecule has 0 bridgehead atoms. The molecule has 0 aliphatic rings. The summed E-state index contributed by atoms with van der Waals surface area (Å²) in [5, 5.41) is 6.32. The summed E-state index contributed by atoms with van der Waals surface area (Å²) in [4.78, 5) is 18.7. The predicted molar refractivity (Wildman–Crippen MR) is 113 cm³/mol. The summed E-state index contributed by atoms with van der Waals surface area (Å²) in [5.41, 5.74) is 0.684. The molecular formula is C20H19N3O3S2. The van der Waals surface area contributed by atoms with Crippen LogP contribution in [-0.4, -0.2) is 28.3 Å². The van der Waals surface area contributed by atoms with Crippen LogP contribution in [0.5, 0.6) is 11.5 Å². The van der Waals surface area contributed by atoms with Crippen LogP contribution in [0.1, 0.15) is 19.4 Å². The Morgan fingerprint density at radius 2 is 2.11 bits per heavy atom. The molecule has 4 rings (SSSR count). The Morgan fingerprint density at radius 3 is 2.79 bits per heavy atom. The van der Waals surface area contributed by atoms with Crippen molar-refractivity contribution in [3.05, 3.63) is 56.2 Å². The maximum atomic E-state index is 12.7. The van der Waals surface area contributed by atoms with E-state index < -0.39 is 0 Å². The van der Waals surface area contributed by atoms with Gasteiger partial charge >= 0.3 is 0 Å². The average Bonchev–Trinajstić information content (AvgIpc) is 3.39. The van der Waals surface area contributed by atoms with Gasteiger partial charge in [0.25, 0.3) is 5.56 Å². The lowest BCUT2D eigenvalue weighted by Gasteiger charge is -2.12. The molecule has 3 heterocycles. The van der Waals surface area contributed by atoms with Gasteiger partial charge in [0.15, 0.2) is 17.3 Å². The Bertz CT molecular complexity index is 1210. The molecule has 0 fully saturated rings. The molecule has 28 heavy (non-hydrogen) atoms. The molecule has 0 N–H and O–H groups in total. The van der Waals surface area contributed by atoms with Crippen LogP contribution in [0.4, 0.5) is 0 Å². The number of thiazole rings is 1. The molecule has 0 saturated carbocycles. The topological polar surface area (TPSA) is 65.7 Å². The zero-order valence-corrected chi connectivity index (χ0v) is 17.3. The molecule has 0 aliphatic carbocycles. The van der Waals surface area contributed by atoms with Gasteiger partial charge in [-0.1, -0.05) is 37.3 Å². The second-order valence-electron chi connectivity index (χ2n) is 6.64. The molecule has 8 heteroatoms. The van der Waals surface area contributed by atoms with E-state index in [0.29, 0.717) is 39.3 Å². The van der Waals surface area contributed by atoms with Crippen LogP contribution in [0, 0.1) is 5.92 Å². The molecule has 0 amide bonds. The number of nitrogens with zero attached hydrogens (tertiary/aromatic N) is 3. The number of thiophene rings is 1.